The molecule has 1 unspecified atom stereocenters. The number of hydrogen-bond donors (Lipinski definition) is 2. The van der Waals surface area contributed by atoms with Crippen molar-refractivity contribution in [2.75, 3.05) is 38.0 Å². The molecule has 0 bridgehead atoms. The number of carbonyl (C=O) groups excluding carboxylic acids is 2. The molecule has 176 valence electrons. The van der Waals surface area contributed by atoms with E-state index in [1.54, 1.807) is 23.1 Å². The second-order valence-corrected chi connectivity index (χ2v) is 8.54. The van der Waals surface area contributed by atoms with E-state index in [9.17, 15) is 9.59 Å². The van der Waals surface area contributed by atoms with Crippen molar-refractivity contribution in [1.29, 1.82) is 0 Å². The van der Waals surface area contributed by atoms with E-state index in [4.69, 9.17) is 23.2 Å². The molecule has 1 rings (SSSR count). The Balaban J connectivity index is 2.52. The van der Waals surface area contributed by atoms with Crippen molar-refractivity contribution >= 4 is 40.8 Å². The third kappa shape index (κ3) is 10.6. The average Bonchev–Trinajstić information content (AvgIpc) is 2.74. The van der Waals surface area contributed by atoms with Crippen molar-refractivity contribution in [3.63, 3.8) is 0 Å². The summed E-state index contributed by atoms with van der Waals surface area (Å²) in [6, 6.07) is 4.94. The molecule has 0 aliphatic carbocycles. The number of anilines is 1. The molecule has 0 fully saturated rings. The van der Waals surface area contributed by atoms with Crippen LogP contribution in [0.1, 0.15) is 59.8 Å². The molecule has 0 aliphatic rings. The monoisotopic (exact) mass is 472 g/mol. The lowest BCUT2D eigenvalue weighted by Gasteiger charge is -2.24. The lowest BCUT2D eigenvalue weighted by Crippen LogP contribution is -2.40. The molecular formula is C23H38Cl2N4O2. The molecule has 0 aromatic heterocycles. The standard InChI is InChI=1S/C23H38Cl2N4O2/c1-5-8-16-29(23(31)27-20-13-9-12-19(24)22(20)25)17-14-21(30)26-18(4)11-10-15-28(6-2)7-3/h9,12-13,18H,5-8,10-11,14-17H2,1-4H3,(H,26,30)(H,27,31). The van der Waals surface area contributed by atoms with Gasteiger partial charge in [-0.15, -0.1) is 0 Å². The smallest absolute Gasteiger partial charge is 0.321 e. The van der Waals surface area contributed by atoms with Crippen molar-refractivity contribution in [1.82, 2.24) is 15.1 Å². The van der Waals surface area contributed by atoms with Gasteiger partial charge >= 0.3 is 6.03 Å². The second kappa shape index (κ2) is 15.3. The van der Waals surface area contributed by atoms with Crippen LogP contribution in [0.4, 0.5) is 10.5 Å². The Labute approximate surface area is 197 Å². The predicted octanol–water partition coefficient (Wildman–Crippen LogP) is 5.64. The van der Waals surface area contributed by atoms with E-state index < -0.39 is 0 Å². The van der Waals surface area contributed by atoms with Crippen molar-refractivity contribution < 1.29 is 9.59 Å². The van der Waals surface area contributed by atoms with Gasteiger partial charge < -0.3 is 20.4 Å². The fourth-order valence-corrected chi connectivity index (χ4v) is 3.62. The zero-order valence-corrected chi connectivity index (χ0v) is 20.9. The minimum absolute atomic E-state index is 0.0366. The summed E-state index contributed by atoms with van der Waals surface area (Å²) in [4.78, 5) is 29.2. The first kappa shape index (κ1) is 27.5. The van der Waals surface area contributed by atoms with Gasteiger partial charge in [-0.3, -0.25) is 4.79 Å². The van der Waals surface area contributed by atoms with E-state index >= 15 is 0 Å². The van der Waals surface area contributed by atoms with Gasteiger partial charge in [0.2, 0.25) is 5.91 Å². The minimum atomic E-state index is -0.280. The largest absolute Gasteiger partial charge is 0.354 e. The molecule has 0 saturated carbocycles. The highest BCUT2D eigenvalue weighted by Gasteiger charge is 2.17. The highest BCUT2D eigenvalue weighted by atomic mass is 35.5. The molecule has 0 heterocycles. The molecule has 2 N–H and O–H groups in total. The van der Waals surface area contributed by atoms with Crippen LogP contribution in [0.25, 0.3) is 0 Å². The zero-order valence-electron chi connectivity index (χ0n) is 19.3. The highest BCUT2D eigenvalue weighted by Crippen LogP contribution is 2.29. The number of halogens is 2. The van der Waals surface area contributed by atoms with E-state index in [0.29, 0.717) is 28.8 Å². The number of carbonyl (C=O) groups is 2. The van der Waals surface area contributed by atoms with Gasteiger partial charge in [0.05, 0.1) is 15.7 Å². The van der Waals surface area contributed by atoms with E-state index in [2.05, 4.69) is 36.3 Å². The first-order valence-electron chi connectivity index (χ1n) is 11.3. The van der Waals surface area contributed by atoms with Gasteiger partial charge in [0.25, 0.3) is 0 Å². The molecule has 6 nitrogen and oxygen atoms in total. The first-order chi connectivity index (χ1) is 14.8. The number of unbranched alkanes of at least 4 members (excludes halogenated alkanes) is 1. The second-order valence-electron chi connectivity index (χ2n) is 7.76. The number of benzene rings is 1. The number of nitrogens with one attached hydrogen (secondary N) is 2. The van der Waals surface area contributed by atoms with Gasteiger partial charge in [0.1, 0.15) is 0 Å². The Morgan fingerprint density at radius 3 is 2.39 bits per heavy atom. The Morgan fingerprint density at radius 2 is 1.74 bits per heavy atom. The minimum Gasteiger partial charge on any atom is -0.354 e. The first-order valence-corrected chi connectivity index (χ1v) is 12.1. The Bertz CT molecular complexity index is 684. The maximum atomic E-state index is 12.8. The van der Waals surface area contributed by atoms with Crippen LogP contribution in [0.5, 0.6) is 0 Å². The summed E-state index contributed by atoms with van der Waals surface area (Å²) in [5.41, 5.74) is 0.465. The number of nitrogens with zero attached hydrogens (tertiary/aromatic N) is 2. The van der Waals surface area contributed by atoms with Crippen LogP contribution in [0.15, 0.2) is 18.2 Å². The van der Waals surface area contributed by atoms with Crippen LogP contribution in [0, 0.1) is 0 Å². The molecule has 0 radical (unpaired) electrons. The fraction of sp³-hybridized carbons (Fsp3) is 0.652. The Hall–Kier alpha value is -1.50. The summed E-state index contributed by atoms with van der Waals surface area (Å²) in [5.74, 6) is -0.0366. The van der Waals surface area contributed by atoms with Gasteiger partial charge in [0, 0.05) is 25.6 Å². The fourth-order valence-electron chi connectivity index (χ4n) is 3.28. The Morgan fingerprint density at radius 1 is 1.03 bits per heavy atom. The van der Waals surface area contributed by atoms with Crippen molar-refractivity contribution in [2.24, 2.45) is 0 Å². The van der Waals surface area contributed by atoms with E-state index in [0.717, 1.165) is 45.3 Å². The lowest BCUT2D eigenvalue weighted by atomic mass is 10.1. The lowest BCUT2D eigenvalue weighted by molar-refractivity contribution is -0.121. The summed E-state index contributed by atoms with van der Waals surface area (Å²) < 4.78 is 0. The van der Waals surface area contributed by atoms with Crippen molar-refractivity contribution in [3.05, 3.63) is 28.2 Å². The SMILES string of the molecule is CCCCN(CCC(=O)NC(C)CCCN(CC)CC)C(=O)Nc1cccc(Cl)c1Cl. The van der Waals surface area contributed by atoms with Gasteiger partial charge in [-0.2, -0.15) is 0 Å². The number of hydrogen-bond acceptors (Lipinski definition) is 3. The molecule has 3 amide bonds. The quantitative estimate of drug-likeness (QED) is 0.367. The number of amides is 3. The van der Waals surface area contributed by atoms with Gasteiger partial charge in [-0.1, -0.05) is 56.5 Å². The summed E-state index contributed by atoms with van der Waals surface area (Å²) in [6.07, 6.45) is 4.07. The average molecular weight is 473 g/mol. The Kier molecular flexibility index (Phi) is 13.6. The normalized spacial score (nSPS) is 12.0. The third-order valence-electron chi connectivity index (χ3n) is 5.28. The van der Waals surface area contributed by atoms with Crippen molar-refractivity contribution in [3.8, 4) is 0 Å². The maximum Gasteiger partial charge on any atom is 0.321 e. The molecule has 0 saturated heterocycles. The molecule has 0 aliphatic heterocycles. The third-order valence-corrected chi connectivity index (χ3v) is 6.10. The highest BCUT2D eigenvalue weighted by molar-refractivity contribution is 6.43. The van der Waals surface area contributed by atoms with Gasteiger partial charge in [-0.05, 0) is 58.0 Å². The molecule has 8 heteroatoms. The van der Waals surface area contributed by atoms with Crippen LogP contribution in [0.2, 0.25) is 10.0 Å². The predicted molar refractivity (Wildman–Crippen MR) is 131 cm³/mol. The van der Waals surface area contributed by atoms with Crippen LogP contribution in [-0.2, 0) is 4.79 Å². The van der Waals surface area contributed by atoms with Crippen LogP contribution < -0.4 is 10.6 Å². The van der Waals surface area contributed by atoms with Crippen molar-refractivity contribution in [2.45, 2.75) is 65.8 Å². The van der Waals surface area contributed by atoms with Crippen LogP contribution in [0.3, 0.4) is 0 Å². The summed E-state index contributed by atoms with van der Waals surface area (Å²) in [6.45, 7) is 12.5. The summed E-state index contributed by atoms with van der Waals surface area (Å²) >= 11 is 12.2. The topological polar surface area (TPSA) is 64.7 Å². The zero-order chi connectivity index (χ0) is 23.2. The van der Waals surface area contributed by atoms with E-state index in [1.807, 2.05) is 6.92 Å². The van der Waals surface area contributed by atoms with Crippen LogP contribution >= 0.6 is 23.2 Å². The molecule has 1 aromatic rings. The number of urea groups is 1. The number of rotatable bonds is 14. The summed E-state index contributed by atoms with van der Waals surface area (Å²) in [7, 11) is 0. The van der Waals surface area contributed by atoms with Crippen LogP contribution in [-0.4, -0.2) is 60.5 Å². The molecule has 31 heavy (non-hydrogen) atoms. The van der Waals surface area contributed by atoms with Gasteiger partial charge in [-0.25, -0.2) is 4.79 Å². The molecule has 1 aromatic carbocycles. The molecule has 1 atom stereocenters. The van der Waals surface area contributed by atoms with E-state index in [1.165, 1.54) is 0 Å². The molecule has 0 spiro atoms. The van der Waals surface area contributed by atoms with E-state index in [-0.39, 0.29) is 24.4 Å². The molecular weight excluding hydrogens is 435 g/mol. The maximum absolute atomic E-state index is 12.8. The summed E-state index contributed by atoms with van der Waals surface area (Å²) in [5, 5.41) is 6.55. The van der Waals surface area contributed by atoms with Gasteiger partial charge in [0.15, 0.2) is 0 Å².